The molecule has 2 aliphatic heterocycles. The molecular weight excluding hydrogens is 224 g/mol. The average molecular weight is 245 g/mol. The Morgan fingerprint density at radius 2 is 1.67 bits per heavy atom. The molecule has 0 unspecified atom stereocenters. The minimum atomic E-state index is 0.764. The molecule has 3 rings (SSSR count). The topological polar surface area (TPSA) is 15.7 Å². The second kappa shape index (κ2) is 5.72. The molecule has 0 N–H and O–H groups in total. The second-order valence-corrected chi connectivity index (χ2v) is 5.12. The van der Waals surface area contributed by atoms with E-state index in [0.717, 1.165) is 32.3 Å². The highest BCUT2D eigenvalue weighted by atomic mass is 16.5. The van der Waals surface area contributed by atoms with Gasteiger partial charge in [-0.25, -0.2) is 0 Å². The van der Waals surface area contributed by atoms with Gasteiger partial charge >= 0.3 is 0 Å². The molecule has 2 aliphatic rings. The van der Waals surface area contributed by atoms with Crippen molar-refractivity contribution in [2.75, 3.05) is 44.3 Å². The van der Waals surface area contributed by atoms with E-state index in [1.807, 2.05) is 12.1 Å². The molecule has 2 fully saturated rings. The normalized spacial score (nSPS) is 23.2. The van der Waals surface area contributed by atoms with Gasteiger partial charge in [0.1, 0.15) is 0 Å². The Balaban J connectivity index is 1.54. The lowest BCUT2D eigenvalue weighted by molar-refractivity contribution is 0.0115. The van der Waals surface area contributed by atoms with Crippen molar-refractivity contribution in [2.24, 2.45) is 0 Å². The summed E-state index contributed by atoms with van der Waals surface area (Å²) in [5, 5.41) is 0. The van der Waals surface area contributed by atoms with Crippen LogP contribution in [0.3, 0.4) is 0 Å². The Kier molecular flexibility index (Phi) is 3.81. The van der Waals surface area contributed by atoms with Crippen LogP contribution in [0.1, 0.15) is 12.8 Å². The molecule has 0 saturated carbocycles. The first-order valence-electron chi connectivity index (χ1n) is 6.96. The van der Waals surface area contributed by atoms with Gasteiger partial charge < -0.3 is 9.64 Å². The van der Waals surface area contributed by atoms with Crippen LogP contribution in [0.5, 0.6) is 0 Å². The van der Waals surface area contributed by atoms with E-state index in [0.29, 0.717) is 0 Å². The number of hydrogen-bond acceptors (Lipinski definition) is 3. The minimum absolute atomic E-state index is 0.764. The second-order valence-electron chi connectivity index (χ2n) is 5.12. The third kappa shape index (κ3) is 2.68. The van der Waals surface area contributed by atoms with E-state index in [9.17, 15) is 0 Å². The third-order valence-electron chi connectivity index (χ3n) is 4.09. The Bertz CT molecular complexity index is 354. The molecular formula is C15H21N2O. The summed E-state index contributed by atoms with van der Waals surface area (Å²) in [6.07, 6.45) is 2.55. The largest absolute Gasteiger partial charge is 0.379 e. The van der Waals surface area contributed by atoms with Crippen LogP contribution in [-0.4, -0.2) is 50.3 Å². The van der Waals surface area contributed by atoms with Crippen LogP contribution < -0.4 is 4.90 Å². The van der Waals surface area contributed by atoms with Crippen LogP contribution in [-0.2, 0) is 4.74 Å². The summed E-state index contributed by atoms with van der Waals surface area (Å²) < 4.78 is 5.43. The highest BCUT2D eigenvalue weighted by Crippen LogP contribution is 2.22. The summed E-state index contributed by atoms with van der Waals surface area (Å²) in [5.74, 6) is 0. The smallest absolute Gasteiger partial charge is 0.0594 e. The zero-order valence-corrected chi connectivity index (χ0v) is 10.8. The fourth-order valence-corrected chi connectivity index (χ4v) is 3.02. The lowest BCUT2D eigenvalue weighted by Crippen LogP contribution is -2.49. The molecule has 0 spiro atoms. The van der Waals surface area contributed by atoms with Crippen LogP contribution in [0.2, 0.25) is 0 Å². The maximum Gasteiger partial charge on any atom is 0.0594 e. The first kappa shape index (κ1) is 12.0. The van der Waals surface area contributed by atoms with E-state index >= 15 is 0 Å². The molecule has 18 heavy (non-hydrogen) atoms. The lowest BCUT2D eigenvalue weighted by Gasteiger charge is -2.40. The van der Waals surface area contributed by atoms with E-state index in [4.69, 9.17) is 4.74 Å². The van der Waals surface area contributed by atoms with Gasteiger partial charge in [0.2, 0.25) is 0 Å². The first-order valence-corrected chi connectivity index (χ1v) is 6.96. The highest BCUT2D eigenvalue weighted by Gasteiger charge is 2.25. The predicted molar refractivity (Wildman–Crippen MR) is 72.9 cm³/mol. The summed E-state index contributed by atoms with van der Waals surface area (Å²) in [7, 11) is 0. The van der Waals surface area contributed by atoms with E-state index < -0.39 is 0 Å². The quantitative estimate of drug-likeness (QED) is 0.790. The molecule has 2 heterocycles. The molecule has 3 nitrogen and oxygen atoms in total. The van der Waals surface area contributed by atoms with Crippen molar-refractivity contribution in [3.63, 3.8) is 0 Å². The van der Waals surface area contributed by atoms with E-state index in [2.05, 4.69) is 28.0 Å². The summed E-state index contributed by atoms with van der Waals surface area (Å²) in [6, 6.07) is 12.2. The van der Waals surface area contributed by atoms with Gasteiger partial charge in [-0.1, -0.05) is 12.1 Å². The Morgan fingerprint density at radius 3 is 2.33 bits per heavy atom. The molecule has 1 aromatic rings. The van der Waals surface area contributed by atoms with Crippen LogP contribution >= 0.6 is 0 Å². The number of nitrogens with zero attached hydrogens (tertiary/aromatic N) is 2. The Morgan fingerprint density at radius 1 is 1.00 bits per heavy atom. The van der Waals surface area contributed by atoms with Crippen LogP contribution in [0.15, 0.2) is 24.3 Å². The van der Waals surface area contributed by atoms with Crippen molar-refractivity contribution >= 4 is 5.69 Å². The number of rotatable bonds is 2. The monoisotopic (exact) mass is 245 g/mol. The maximum atomic E-state index is 5.43. The summed E-state index contributed by atoms with van der Waals surface area (Å²) in [6.45, 7) is 6.40. The number of ether oxygens (including phenoxy) is 1. The lowest BCUT2D eigenvalue weighted by atomic mass is 10.0. The fraction of sp³-hybridized carbons (Fsp3) is 0.600. The van der Waals surface area contributed by atoms with Crippen molar-refractivity contribution in [1.82, 2.24) is 4.90 Å². The molecule has 97 valence electrons. The Hall–Kier alpha value is -1.06. The van der Waals surface area contributed by atoms with Gasteiger partial charge in [-0.2, -0.15) is 0 Å². The van der Waals surface area contributed by atoms with Crippen LogP contribution in [0.25, 0.3) is 0 Å². The SMILES string of the molecule is [c]1ccc(N2CCC(N3CCOCC3)CC2)cc1. The number of benzene rings is 1. The van der Waals surface area contributed by atoms with Crippen molar-refractivity contribution in [3.05, 3.63) is 30.3 Å². The maximum absolute atomic E-state index is 5.43. The van der Waals surface area contributed by atoms with Gasteiger partial charge in [0.25, 0.3) is 0 Å². The predicted octanol–water partition coefficient (Wildman–Crippen LogP) is 1.79. The molecule has 3 heteroatoms. The summed E-state index contributed by atoms with van der Waals surface area (Å²) >= 11 is 0. The zero-order valence-electron chi connectivity index (χ0n) is 10.8. The number of morpholine rings is 1. The summed E-state index contributed by atoms with van der Waals surface area (Å²) in [4.78, 5) is 5.10. The molecule has 0 bridgehead atoms. The fourth-order valence-electron chi connectivity index (χ4n) is 3.02. The zero-order chi connectivity index (χ0) is 12.2. The number of piperidine rings is 1. The van der Waals surface area contributed by atoms with Crippen molar-refractivity contribution in [1.29, 1.82) is 0 Å². The van der Waals surface area contributed by atoms with Gasteiger partial charge in [0.05, 0.1) is 13.2 Å². The van der Waals surface area contributed by atoms with Gasteiger partial charge in [-0.15, -0.1) is 0 Å². The first-order chi connectivity index (χ1) is 8.93. The molecule has 0 aliphatic carbocycles. The van der Waals surface area contributed by atoms with E-state index in [1.165, 1.54) is 31.6 Å². The van der Waals surface area contributed by atoms with Gasteiger partial charge in [0.15, 0.2) is 0 Å². The molecule has 2 saturated heterocycles. The van der Waals surface area contributed by atoms with E-state index in [1.54, 1.807) is 0 Å². The van der Waals surface area contributed by atoms with Crippen molar-refractivity contribution in [3.8, 4) is 0 Å². The Labute approximate surface area is 109 Å². The highest BCUT2D eigenvalue weighted by molar-refractivity contribution is 5.46. The molecule has 0 aromatic heterocycles. The van der Waals surface area contributed by atoms with Gasteiger partial charge in [0, 0.05) is 37.9 Å². The van der Waals surface area contributed by atoms with E-state index in [-0.39, 0.29) is 0 Å². The standard InChI is InChI=1S/C15H21N2O/c1-2-4-14(5-3-1)16-8-6-15(7-9-16)17-10-12-18-13-11-17/h2-5,15H,6-13H2. The van der Waals surface area contributed by atoms with Crippen molar-refractivity contribution in [2.45, 2.75) is 18.9 Å². The molecule has 1 radical (unpaired) electrons. The van der Waals surface area contributed by atoms with Crippen LogP contribution in [0.4, 0.5) is 5.69 Å². The third-order valence-corrected chi connectivity index (χ3v) is 4.09. The number of anilines is 1. The van der Waals surface area contributed by atoms with Gasteiger partial charge in [-0.3, -0.25) is 4.90 Å². The molecule has 0 atom stereocenters. The molecule has 1 aromatic carbocycles. The van der Waals surface area contributed by atoms with Crippen molar-refractivity contribution < 1.29 is 4.74 Å². The number of hydrogen-bond donors (Lipinski definition) is 0. The summed E-state index contributed by atoms with van der Waals surface area (Å²) in [5.41, 5.74) is 1.34. The minimum Gasteiger partial charge on any atom is -0.379 e. The molecule has 0 amide bonds. The average Bonchev–Trinajstić information content (AvgIpc) is 2.49. The van der Waals surface area contributed by atoms with Gasteiger partial charge in [-0.05, 0) is 31.0 Å². The van der Waals surface area contributed by atoms with Crippen LogP contribution in [0, 0.1) is 6.07 Å².